The van der Waals surface area contributed by atoms with E-state index in [2.05, 4.69) is 9.55 Å². The van der Waals surface area contributed by atoms with Crippen LogP contribution in [-0.4, -0.2) is 26.3 Å². The maximum absolute atomic E-state index is 8.86. The highest BCUT2D eigenvalue weighted by atomic mass is 32.1. The lowest BCUT2D eigenvalue weighted by Crippen LogP contribution is -2.15. The number of nitrogens with zero attached hydrogens (tertiary/aromatic N) is 2. The zero-order chi connectivity index (χ0) is 13.0. The number of fused-ring (bicyclic) bond motifs is 1. The molecule has 1 heterocycles. The highest BCUT2D eigenvalue weighted by Gasteiger charge is 2.10. The summed E-state index contributed by atoms with van der Waals surface area (Å²) in [6.45, 7) is 1.05. The number of nitrogens with two attached hydrogens (primary N) is 1. The minimum atomic E-state index is 0.220. The van der Waals surface area contributed by atoms with Crippen LogP contribution < -0.4 is 5.73 Å². The molecule has 0 aliphatic heterocycles. The Labute approximate surface area is 111 Å². The van der Waals surface area contributed by atoms with Crippen molar-refractivity contribution in [2.75, 3.05) is 6.61 Å². The molecule has 1 aromatic carbocycles. The monoisotopic (exact) mass is 263 g/mol. The van der Waals surface area contributed by atoms with E-state index in [1.54, 1.807) is 0 Å². The summed E-state index contributed by atoms with van der Waals surface area (Å²) in [5.41, 5.74) is 7.67. The van der Waals surface area contributed by atoms with E-state index in [0.717, 1.165) is 36.2 Å². The van der Waals surface area contributed by atoms with E-state index in [0.29, 0.717) is 11.4 Å². The zero-order valence-corrected chi connectivity index (χ0v) is 11.0. The molecule has 0 spiro atoms. The van der Waals surface area contributed by atoms with Gasteiger partial charge in [0.25, 0.3) is 0 Å². The summed E-state index contributed by atoms with van der Waals surface area (Å²) in [7, 11) is 0. The van der Waals surface area contributed by atoms with E-state index in [-0.39, 0.29) is 6.61 Å². The maximum atomic E-state index is 8.86. The average Bonchev–Trinajstić information content (AvgIpc) is 2.67. The lowest BCUT2D eigenvalue weighted by Gasteiger charge is -2.08. The van der Waals surface area contributed by atoms with Crippen molar-refractivity contribution in [3.05, 3.63) is 30.1 Å². The third-order valence-electron chi connectivity index (χ3n) is 2.86. The number of hydrogen-bond donors (Lipinski definition) is 2. The van der Waals surface area contributed by atoms with E-state index in [1.165, 1.54) is 0 Å². The van der Waals surface area contributed by atoms with Crippen molar-refractivity contribution in [2.24, 2.45) is 5.73 Å². The van der Waals surface area contributed by atoms with Crippen molar-refractivity contribution in [1.29, 1.82) is 0 Å². The molecule has 3 N–H and O–H groups in total. The highest BCUT2D eigenvalue weighted by molar-refractivity contribution is 7.80. The summed E-state index contributed by atoms with van der Waals surface area (Å²) in [5, 5.41) is 8.86. The van der Waals surface area contributed by atoms with E-state index in [4.69, 9.17) is 23.1 Å². The first-order valence-corrected chi connectivity index (χ1v) is 6.46. The van der Waals surface area contributed by atoms with Crippen molar-refractivity contribution in [1.82, 2.24) is 9.55 Å². The van der Waals surface area contributed by atoms with Gasteiger partial charge in [-0.1, -0.05) is 24.4 Å². The Balaban J connectivity index is 2.34. The van der Waals surface area contributed by atoms with Crippen molar-refractivity contribution < 1.29 is 5.11 Å². The van der Waals surface area contributed by atoms with E-state index in [9.17, 15) is 0 Å². The summed E-state index contributed by atoms with van der Waals surface area (Å²) in [6.07, 6.45) is 2.23. The average molecular weight is 263 g/mol. The van der Waals surface area contributed by atoms with Gasteiger partial charge in [-0.3, -0.25) is 0 Å². The topological polar surface area (TPSA) is 64.1 Å². The van der Waals surface area contributed by atoms with Gasteiger partial charge in [0.1, 0.15) is 5.82 Å². The van der Waals surface area contributed by atoms with Crippen LogP contribution in [0.1, 0.15) is 18.7 Å². The first-order chi connectivity index (χ1) is 8.72. The quantitative estimate of drug-likeness (QED) is 0.614. The number of rotatable bonds is 6. The summed E-state index contributed by atoms with van der Waals surface area (Å²) in [6, 6.07) is 8.00. The van der Waals surface area contributed by atoms with E-state index >= 15 is 0 Å². The second-order valence-corrected chi connectivity index (χ2v) is 4.77. The van der Waals surface area contributed by atoms with Crippen LogP contribution in [0, 0.1) is 0 Å². The Morgan fingerprint density at radius 3 is 2.83 bits per heavy atom. The van der Waals surface area contributed by atoms with Gasteiger partial charge in [-0.2, -0.15) is 0 Å². The predicted octanol–water partition coefficient (Wildman–Crippen LogP) is 1.64. The summed E-state index contributed by atoms with van der Waals surface area (Å²) < 4.78 is 2.14. The number of benzene rings is 1. The van der Waals surface area contributed by atoms with Gasteiger partial charge in [0.2, 0.25) is 0 Å². The molecule has 0 fully saturated rings. The van der Waals surface area contributed by atoms with E-state index < -0.39 is 0 Å². The van der Waals surface area contributed by atoms with Crippen LogP contribution in [0.2, 0.25) is 0 Å². The molecular weight excluding hydrogens is 246 g/mol. The number of imidazole rings is 1. The predicted molar refractivity (Wildman–Crippen MR) is 76.5 cm³/mol. The van der Waals surface area contributed by atoms with Gasteiger partial charge in [0, 0.05) is 13.2 Å². The van der Waals surface area contributed by atoms with Crippen LogP contribution in [0.15, 0.2) is 24.3 Å². The third-order valence-corrected chi connectivity index (χ3v) is 3.00. The van der Waals surface area contributed by atoms with Crippen LogP contribution in [0.4, 0.5) is 0 Å². The SMILES string of the molecule is NC(=S)Cc1nc2ccccc2n1CCCCO. The van der Waals surface area contributed by atoms with Gasteiger partial charge in [-0.25, -0.2) is 4.98 Å². The van der Waals surface area contributed by atoms with Crippen molar-refractivity contribution in [3.8, 4) is 0 Å². The molecule has 1 aromatic heterocycles. The molecule has 0 aliphatic rings. The Hall–Kier alpha value is -1.46. The fourth-order valence-electron chi connectivity index (χ4n) is 2.05. The number of hydrogen-bond acceptors (Lipinski definition) is 3. The van der Waals surface area contributed by atoms with Gasteiger partial charge in [-0.05, 0) is 25.0 Å². The Morgan fingerprint density at radius 1 is 1.33 bits per heavy atom. The Morgan fingerprint density at radius 2 is 2.11 bits per heavy atom. The fraction of sp³-hybridized carbons (Fsp3) is 0.385. The zero-order valence-electron chi connectivity index (χ0n) is 10.2. The molecule has 0 unspecified atom stereocenters. The lowest BCUT2D eigenvalue weighted by molar-refractivity contribution is 0.281. The number of aromatic nitrogens is 2. The number of aryl methyl sites for hydroxylation is 1. The van der Waals surface area contributed by atoms with Crippen LogP contribution in [0.3, 0.4) is 0 Å². The normalized spacial score (nSPS) is 10.9. The summed E-state index contributed by atoms with van der Waals surface area (Å²) >= 11 is 4.96. The molecule has 96 valence electrons. The largest absolute Gasteiger partial charge is 0.396 e. The second-order valence-electron chi connectivity index (χ2n) is 4.24. The fourth-order valence-corrected chi connectivity index (χ4v) is 2.18. The molecule has 0 saturated carbocycles. The number of aliphatic hydroxyl groups excluding tert-OH is 1. The Bertz CT molecular complexity index is 550. The molecule has 5 heteroatoms. The smallest absolute Gasteiger partial charge is 0.116 e. The molecular formula is C13H17N3OS. The van der Waals surface area contributed by atoms with Gasteiger partial charge in [0.15, 0.2) is 0 Å². The van der Waals surface area contributed by atoms with Gasteiger partial charge in [-0.15, -0.1) is 0 Å². The molecule has 0 radical (unpaired) electrons. The second kappa shape index (κ2) is 5.93. The van der Waals surface area contributed by atoms with Gasteiger partial charge < -0.3 is 15.4 Å². The molecule has 0 atom stereocenters. The lowest BCUT2D eigenvalue weighted by atomic mass is 10.3. The Kier molecular flexibility index (Phi) is 4.28. The van der Waals surface area contributed by atoms with E-state index in [1.807, 2.05) is 24.3 Å². The van der Waals surface area contributed by atoms with Crippen molar-refractivity contribution in [3.63, 3.8) is 0 Å². The molecule has 2 aromatic rings. The number of unbranched alkanes of at least 4 members (excludes halogenated alkanes) is 1. The number of para-hydroxylation sites is 2. The minimum Gasteiger partial charge on any atom is -0.396 e. The molecule has 0 bridgehead atoms. The first-order valence-electron chi connectivity index (χ1n) is 6.05. The molecule has 2 rings (SSSR count). The maximum Gasteiger partial charge on any atom is 0.116 e. The summed E-state index contributed by atoms with van der Waals surface area (Å²) in [4.78, 5) is 5.02. The van der Waals surface area contributed by atoms with Crippen molar-refractivity contribution >= 4 is 28.2 Å². The molecule has 0 saturated heterocycles. The molecule has 0 aliphatic carbocycles. The van der Waals surface area contributed by atoms with Crippen LogP contribution in [0.5, 0.6) is 0 Å². The van der Waals surface area contributed by atoms with Crippen molar-refractivity contribution in [2.45, 2.75) is 25.8 Å². The van der Waals surface area contributed by atoms with Crippen LogP contribution in [0.25, 0.3) is 11.0 Å². The van der Waals surface area contributed by atoms with Crippen LogP contribution >= 0.6 is 12.2 Å². The molecule has 18 heavy (non-hydrogen) atoms. The van der Waals surface area contributed by atoms with Crippen LogP contribution in [-0.2, 0) is 13.0 Å². The number of thiocarbonyl (C=S) groups is 1. The van der Waals surface area contributed by atoms with Gasteiger partial charge >= 0.3 is 0 Å². The number of aliphatic hydroxyl groups is 1. The molecule has 0 amide bonds. The summed E-state index contributed by atoms with van der Waals surface area (Å²) in [5.74, 6) is 0.904. The highest BCUT2D eigenvalue weighted by Crippen LogP contribution is 2.17. The third kappa shape index (κ3) is 2.86. The standard InChI is InChI=1S/C13H17N3OS/c14-12(18)9-13-15-10-5-1-2-6-11(10)16(13)7-3-4-8-17/h1-2,5-6,17H,3-4,7-9H2,(H2,14,18). The molecule has 4 nitrogen and oxygen atoms in total. The van der Waals surface area contributed by atoms with Gasteiger partial charge in [0.05, 0.1) is 22.4 Å². The first kappa shape index (κ1) is 13.0. The minimum absolute atomic E-state index is 0.220.